The van der Waals surface area contributed by atoms with Crippen molar-refractivity contribution < 1.29 is 45.7 Å². The largest absolute Gasteiger partial charge is 0.484 e. The van der Waals surface area contributed by atoms with Crippen LogP contribution < -0.4 is 9.64 Å². The highest BCUT2D eigenvalue weighted by Crippen LogP contribution is 2.36. The predicted molar refractivity (Wildman–Crippen MR) is 87.7 cm³/mol. The van der Waals surface area contributed by atoms with Crippen LogP contribution in [0, 0.1) is 0 Å². The second-order valence-corrected chi connectivity index (χ2v) is 7.11. The second kappa shape index (κ2) is 7.56. The maximum Gasteiger partial charge on any atom is 0.422 e. The van der Waals surface area contributed by atoms with E-state index in [9.17, 15) is 36.2 Å². The molecular formula is C17H18F6N2O4. The lowest BCUT2D eigenvalue weighted by atomic mass is 10.0. The van der Waals surface area contributed by atoms with E-state index in [0.29, 0.717) is 5.69 Å². The summed E-state index contributed by atoms with van der Waals surface area (Å²) >= 11 is 0. The lowest BCUT2D eigenvalue weighted by molar-refractivity contribution is -0.185. The van der Waals surface area contributed by atoms with Gasteiger partial charge in [0.15, 0.2) is 6.61 Å². The number of amides is 2. The monoisotopic (exact) mass is 428 g/mol. The average molecular weight is 428 g/mol. The first kappa shape index (κ1) is 21.5. The standard InChI is InChI=1S/C17H18F6N2O4/c18-16(19,20)9-28-8-15(27)5-12-6-24(14(26)25(12)7-15)11-1-3-13(4-2-11)29-10-17(21,22)23/h1-4,12,27H,5-10H2/t12-,15+/m0/s1. The topological polar surface area (TPSA) is 62.2 Å². The number of rotatable bonds is 6. The van der Waals surface area contributed by atoms with Gasteiger partial charge in [0.1, 0.15) is 18.0 Å². The second-order valence-electron chi connectivity index (χ2n) is 7.11. The van der Waals surface area contributed by atoms with Crippen molar-refractivity contribution in [3.05, 3.63) is 24.3 Å². The molecule has 3 rings (SSSR count). The van der Waals surface area contributed by atoms with E-state index < -0.39 is 49.8 Å². The summed E-state index contributed by atoms with van der Waals surface area (Å²) in [4.78, 5) is 15.3. The molecule has 1 aromatic carbocycles. The number of alkyl halides is 6. The van der Waals surface area contributed by atoms with E-state index >= 15 is 0 Å². The van der Waals surface area contributed by atoms with E-state index in [1.807, 2.05) is 0 Å². The number of urea groups is 1. The highest BCUT2D eigenvalue weighted by atomic mass is 19.4. The van der Waals surface area contributed by atoms with E-state index in [1.165, 1.54) is 34.1 Å². The molecule has 0 bridgehead atoms. The lowest BCUT2D eigenvalue weighted by Crippen LogP contribution is -2.42. The number of fused-ring (bicyclic) bond motifs is 1. The van der Waals surface area contributed by atoms with Gasteiger partial charge in [-0.1, -0.05) is 0 Å². The summed E-state index contributed by atoms with van der Waals surface area (Å²) in [6.07, 6.45) is -8.91. The fourth-order valence-electron chi connectivity index (χ4n) is 3.45. The van der Waals surface area contributed by atoms with Crippen molar-refractivity contribution >= 4 is 11.7 Å². The lowest BCUT2D eigenvalue weighted by Gasteiger charge is -2.25. The van der Waals surface area contributed by atoms with Gasteiger partial charge < -0.3 is 19.5 Å². The third-order valence-corrected chi connectivity index (χ3v) is 4.58. The van der Waals surface area contributed by atoms with Crippen LogP contribution in [0.5, 0.6) is 5.75 Å². The molecule has 2 fully saturated rings. The minimum Gasteiger partial charge on any atom is -0.484 e. The van der Waals surface area contributed by atoms with Gasteiger partial charge in [-0.25, -0.2) is 4.79 Å². The first-order chi connectivity index (χ1) is 13.4. The molecule has 2 aliphatic rings. The molecule has 0 saturated carbocycles. The SMILES string of the molecule is O=C1N(c2ccc(OCC(F)(F)F)cc2)C[C@@H]2C[C@](O)(COCC(F)(F)F)CN12. The number of carbonyl (C=O) groups excluding carboxylic acids is 1. The van der Waals surface area contributed by atoms with Crippen LogP contribution in [0.3, 0.4) is 0 Å². The van der Waals surface area contributed by atoms with Crippen LogP contribution in [0.1, 0.15) is 6.42 Å². The summed E-state index contributed by atoms with van der Waals surface area (Å²) in [7, 11) is 0. The van der Waals surface area contributed by atoms with Crippen molar-refractivity contribution in [1.29, 1.82) is 0 Å². The van der Waals surface area contributed by atoms with Crippen molar-refractivity contribution in [2.24, 2.45) is 0 Å². The molecule has 1 N–H and O–H groups in total. The van der Waals surface area contributed by atoms with Crippen LogP contribution in [0.2, 0.25) is 0 Å². The molecule has 2 atom stereocenters. The molecule has 0 aromatic heterocycles. The summed E-state index contributed by atoms with van der Waals surface area (Å²) in [5, 5.41) is 10.4. The van der Waals surface area contributed by atoms with Crippen LogP contribution in [0.25, 0.3) is 0 Å². The van der Waals surface area contributed by atoms with E-state index in [-0.39, 0.29) is 25.3 Å². The Bertz CT molecular complexity index is 739. The zero-order valence-corrected chi connectivity index (χ0v) is 15.0. The Kier molecular flexibility index (Phi) is 5.60. The maximum absolute atomic E-state index is 12.6. The van der Waals surface area contributed by atoms with Crippen molar-refractivity contribution in [2.75, 3.05) is 37.8 Å². The summed E-state index contributed by atoms with van der Waals surface area (Å²) < 4.78 is 82.2. The summed E-state index contributed by atoms with van der Waals surface area (Å²) in [6.45, 7) is -3.44. The molecule has 2 saturated heterocycles. The molecule has 2 amide bonds. The van der Waals surface area contributed by atoms with Crippen molar-refractivity contribution in [1.82, 2.24) is 4.90 Å². The van der Waals surface area contributed by atoms with Crippen LogP contribution in [-0.4, -0.2) is 72.9 Å². The highest BCUT2D eigenvalue weighted by Gasteiger charge is 2.51. The Morgan fingerprint density at radius 3 is 2.24 bits per heavy atom. The number of benzene rings is 1. The van der Waals surface area contributed by atoms with Crippen LogP contribution >= 0.6 is 0 Å². The minimum absolute atomic E-state index is 0.00518. The van der Waals surface area contributed by atoms with Gasteiger partial charge in [0.05, 0.1) is 19.2 Å². The molecule has 162 valence electrons. The molecule has 0 aliphatic carbocycles. The highest BCUT2D eigenvalue weighted by molar-refractivity contribution is 5.95. The number of carbonyl (C=O) groups is 1. The van der Waals surface area contributed by atoms with Crippen LogP contribution in [0.4, 0.5) is 36.8 Å². The van der Waals surface area contributed by atoms with Gasteiger partial charge in [-0.3, -0.25) is 4.90 Å². The molecule has 0 radical (unpaired) electrons. The first-order valence-corrected chi connectivity index (χ1v) is 8.60. The van der Waals surface area contributed by atoms with E-state index in [0.717, 1.165) is 0 Å². The molecule has 2 heterocycles. The molecule has 0 unspecified atom stereocenters. The molecule has 0 spiro atoms. The van der Waals surface area contributed by atoms with E-state index in [4.69, 9.17) is 0 Å². The van der Waals surface area contributed by atoms with Crippen LogP contribution in [-0.2, 0) is 4.74 Å². The number of hydrogen-bond acceptors (Lipinski definition) is 4. The smallest absolute Gasteiger partial charge is 0.422 e. The van der Waals surface area contributed by atoms with E-state index in [1.54, 1.807) is 0 Å². The zero-order valence-electron chi connectivity index (χ0n) is 15.0. The molecular weight excluding hydrogens is 410 g/mol. The zero-order chi connectivity index (χ0) is 21.4. The molecule has 29 heavy (non-hydrogen) atoms. The number of hydrogen-bond donors (Lipinski definition) is 1. The van der Waals surface area contributed by atoms with Gasteiger partial charge >= 0.3 is 18.4 Å². The molecule has 1 aromatic rings. The number of halogens is 6. The Labute approximate surface area is 161 Å². The molecule has 2 aliphatic heterocycles. The third-order valence-electron chi connectivity index (χ3n) is 4.58. The fourth-order valence-corrected chi connectivity index (χ4v) is 3.45. The number of aliphatic hydroxyl groups is 1. The van der Waals surface area contributed by atoms with Gasteiger partial charge in [-0.15, -0.1) is 0 Å². The van der Waals surface area contributed by atoms with Crippen molar-refractivity contribution in [3.8, 4) is 5.75 Å². The molecule has 6 nitrogen and oxygen atoms in total. The van der Waals surface area contributed by atoms with E-state index in [2.05, 4.69) is 9.47 Å². The Balaban J connectivity index is 1.56. The summed E-state index contributed by atoms with van der Waals surface area (Å²) in [5.41, 5.74) is -1.13. The average Bonchev–Trinajstić information content (AvgIpc) is 3.06. The Morgan fingerprint density at radius 2 is 1.69 bits per heavy atom. The number of anilines is 1. The van der Waals surface area contributed by atoms with Gasteiger partial charge in [0.2, 0.25) is 0 Å². The van der Waals surface area contributed by atoms with Gasteiger partial charge in [0.25, 0.3) is 0 Å². The maximum atomic E-state index is 12.6. The fraction of sp³-hybridized carbons (Fsp3) is 0.588. The predicted octanol–water partition coefficient (Wildman–Crippen LogP) is 2.95. The molecule has 12 heteroatoms. The minimum atomic E-state index is -4.51. The van der Waals surface area contributed by atoms with Crippen molar-refractivity contribution in [3.63, 3.8) is 0 Å². The third kappa shape index (κ3) is 5.44. The number of ether oxygens (including phenoxy) is 2. The summed E-state index contributed by atoms with van der Waals surface area (Å²) in [6, 6.07) is 4.61. The van der Waals surface area contributed by atoms with Crippen LogP contribution in [0.15, 0.2) is 24.3 Å². The first-order valence-electron chi connectivity index (χ1n) is 8.60. The Morgan fingerprint density at radius 1 is 1.07 bits per heavy atom. The van der Waals surface area contributed by atoms with Crippen molar-refractivity contribution in [2.45, 2.75) is 30.4 Å². The Hall–Kier alpha value is -2.21. The van der Waals surface area contributed by atoms with Gasteiger partial charge in [0, 0.05) is 18.7 Å². The summed E-state index contributed by atoms with van der Waals surface area (Å²) in [5.74, 6) is -0.00518. The van der Waals surface area contributed by atoms with Gasteiger partial charge in [-0.05, 0) is 24.3 Å². The van der Waals surface area contributed by atoms with Gasteiger partial charge in [-0.2, -0.15) is 26.3 Å². The number of nitrogens with zero attached hydrogens (tertiary/aromatic N) is 2. The quantitative estimate of drug-likeness (QED) is 0.708. The normalized spacial score (nSPS) is 24.9.